The van der Waals surface area contributed by atoms with Crippen molar-refractivity contribution in [2.75, 3.05) is 0 Å². The van der Waals surface area contributed by atoms with Gasteiger partial charge < -0.3 is 21.0 Å². The predicted molar refractivity (Wildman–Crippen MR) is 13.5 cm³/mol. The fourth-order valence-corrected chi connectivity index (χ4v) is 0. The van der Waals surface area contributed by atoms with Gasteiger partial charge in [-0.05, 0) is 0 Å². The van der Waals surface area contributed by atoms with Crippen molar-refractivity contribution in [3.05, 3.63) is 21.0 Å². The topological polar surface area (TPSA) is 78.7 Å². The molecular formula is CrN2O2. The molecule has 0 N–H and O–H groups in total. The summed E-state index contributed by atoms with van der Waals surface area (Å²) >= 11 is 0. The van der Waals surface area contributed by atoms with E-state index in [1.165, 1.54) is 0 Å². The predicted octanol–water partition coefficient (Wildman–Crippen LogP) is 0.642. The van der Waals surface area contributed by atoms with Crippen LogP contribution in [0.1, 0.15) is 0 Å². The van der Waals surface area contributed by atoms with Gasteiger partial charge in [-0.1, -0.05) is 0 Å². The van der Waals surface area contributed by atoms with Gasteiger partial charge in [0.15, 0.2) is 0 Å². The van der Waals surface area contributed by atoms with Gasteiger partial charge in [0.25, 0.3) is 0 Å². The minimum Gasteiger partial charge on any atom is -0.577 e. The van der Waals surface area contributed by atoms with E-state index in [2.05, 4.69) is 0 Å². The van der Waals surface area contributed by atoms with Gasteiger partial charge >= 0.3 is 17.4 Å². The maximum absolute atomic E-state index is 7.25. The van der Waals surface area contributed by atoms with Crippen LogP contribution < -0.4 is 0 Å². The average molecular weight is 112 g/mol. The standard InChI is InChI=1S/Cr.2NO/c;2*1-2/q+2;2*-1. The Morgan fingerprint density at radius 3 is 0.800 bits per heavy atom. The zero-order valence-electron chi connectivity index (χ0n) is 2.12. The summed E-state index contributed by atoms with van der Waals surface area (Å²) in [6.45, 7) is 0. The van der Waals surface area contributed by atoms with E-state index in [-0.39, 0.29) is 17.4 Å². The Bertz CT molecular complexity index is 9.61. The number of hydrogen-bond acceptors (Lipinski definition) is 2. The quantitative estimate of drug-likeness (QED) is 0.460. The van der Waals surface area contributed by atoms with E-state index in [9.17, 15) is 0 Å². The molecule has 0 amide bonds. The molecule has 0 atom stereocenters. The number of nitroso groups, excluding NO2 is 2. The van der Waals surface area contributed by atoms with Crippen molar-refractivity contribution >= 4 is 0 Å². The monoisotopic (exact) mass is 112 g/mol. The summed E-state index contributed by atoms with van der Waals surface area (Å²) in [6, 6.07) is 0. The molecule has 0 radical (unpaired) electrons. The second-order valence-corrected chi connectivity index (χ2v) is 0. The van der Waals surface area contributed by atoms with Crippen LogP contribution in [-0.2, 0) is 17.4 Å². The third kappa shape index (κ3) is 157. The molecule has 0 aromatic heterocycles. The van der Waals surface area contributed by atoms with E-state index < -0.39 is 0 Å². The van der Waals surface area contributed by atoms with E-state index in [1.807, 2.05) is 0 Å². The average Bonchev–Trinajstić information content (AvgIpc) is 1.50. The van der Waals surface area contributed by atoms with E-state index in [0.717, 1.165) is 0 Å². The molecule has 0 bridgehead atoms. The molecule has 0 aliphatic carbocycles. The summed E-state index contributed by atoms with van der Waals surface area (Å²) in [5.41, 5.74) is 11.5. The second kappa shape index (κ2) is 389. The molecule has 0 aliphatic rings. The molecule has 0 rings (SSSR count). The summed E-state index contributed by atoms with van der Waals surface area (Å²) in [5.74, 6) is 0. The molecule has 4 nitrogen and oxygen atoms in total. The Morgan fingerprint density at radius 1 is 0.800 bits per heavy atom. The Morgan fingerprint density at radius 2 is 0.800 bits per heavy atom. The summed E-state index contributed by atoms with van der Waals surface area (Å²) in [7, 11) is 0. The Labute approximate surface area is 39.2 Å². The van der Waals surface area contributed by atoms with Crippen LogP contribution in [0.2, 0.25) is 0 Å². The van der Waals surface area contributed by atoms with Crippen molar-refractivity contribution < 1.29 is 17.4 Å². The van der Waals surface area contributed by atoms with Crippen molar-refractivity contribution in [1.29, 1.82) is 0 Å². The van der Waals surface area contributed by atoms with Crippen LogP contribution in [0, 0.1) is 9.81 Å². The molecule has 28 valence electrons. The van der Waals surface area contributed by atoms with Crippen molar-refractivity contribution in [3.8, 4) is 0 Å². The van der Waals surface area contributed by atoms with Crippen LogP contribution in [0.5, 0.6) is 0 Å². The minimum atomic E-state index is 0. The van der Waals surface area contributed by atoms with Crippen LogP contribution in [-0.4, -0.2) is 0 Å². The Hall–Kier alpha value is -0.268. The largest absolute Gasteiger partial charge is 2.00 e. The Balaban J connectivity index is -0.0000000133. The first-order valence-corrected chi connectivity index (χ1v) is 0.365. The summed E-state index contributed by atoms with van der Waals surface area (Å²) in [4.78, 5) is 14.5. The van der Waals surface area contributed by atoms with Gasteiger partial charge in [-0.25, -0.2) is 0 Å². The van der Waals surface area contributed by atoms with Crippen LogP contribution in [0.25, 0.3) is 11.2 Å². The minimum absolute atomic E-state index is 0. The molecule has 0 saturated heterocycles. The maximum Gasteiger partial charge on any atom is 2.00 e. The zero-order valence-corrected chi connectivity index (χ0v) is 3.39. The molecule has 5 heteroatoms. The molecule has 5 heavy (non-hydrogen) atoms. The van der Waals surface area contributed by atoms with Crippen LogP contribution >= 0.6 is 0 Å². The van der Waals surface area contributed by atoms with E-state index in [4.69, 9.17) is 21.0 Å². The van der Waals surface area contributed by atoms with Gasteiger partial charge in [-0.2, -0.15) is 0 Å². The van der Waals surface area contributed by atoms with Crippen molar-refractivity contribution in [1.82, 2.24) is 0 Å². The third-order valence-corrected chi connectivity index (χ3v) is 0. The van der Waals surface area contributed by atoms with Gasteiger partial charge in [-0.3, -0.25) is 0 Å². The molecule has 0 aliphatic heterocycles. The number of nitrogens with zero attached hydrogens (tertiary/aromatic N) is 2. The fourth-order valence-electron chi connectivity index (χ4n) is 0. The first-order valence-electron chi connectivity index (χ1n) is 0.365. The van der Waals surface area contributed by atoms with Crippen molar-refractivity contribution in [2.24, 2.45) is 0 Å². The SMILES string of the molecule is [Cr+2].[N-]=O.[N-]=O. The Kier molecular flexibility index (Phi) is 1710. The number of hydrogen-bond donors (Lipinski definition) is 0. The molecule has 0 heterocycles. The zero-order chi connectivity index (χ0) is 4.00. The van der Waals surface area contributed by atoms with Gasteiger partial charge in [0.2, 0.25) is 0 Å². The van der Waals surface area contributed by atoms with Gasteiger partial charge in [-0.15, -0.1) is 0 Å². The van der Waals surface area contributed by atoms with Gasteiger partial charge in [0, 0.05) is 0 Å². The second-order valence-electron chi connectivity index (χ2n) is 0. The molecule has 0 unspecified atom stereocenters. The van der Waals surface area contributed by atoms with Crippen molar-refractivity contribution in [3.63, 3.8) is 0 Å². The first-order chi connectivity index (χ1) is 2.00. The first kappa shape index (κ1) is 22.0. The number of rotatable bonds is 0. The van der Waals surface area contributed by atoms with E-state index >= 15 is 0 Å². The smallest absolute Gasteiger partial charge is 0.577 e. The maximum atomic E-state index is 7.25. The van der Waals surface area contributed by atoms with E-state index in [1.54, 1.807) is 0 Å². The van der Waals surface area contributed by atoms with Gasteiger partial charge in [0.05, 0.1) is 0 Å². The van der Waals surface area contributed by atoms with Crippen LogP contribution in [0.15, 0.2) is 0 Å². The molecule has 0 aromatic carbocycles. The molecule has 0 aromatic rings. The fraction of sp³-hybridized carbons (Fsp3) is 0. The van der Waals surface area contributed by atoms with Crippen LogP contribution in [0.4, 0.5) is 0 Å². The summed E-state index contributed by atoms with van der Waals surface area (Å²) in [6.07, 6.45) is 0. The van der Waals surface area contributed by atoms with E-state index in [0.29, 0.717) is 0 Å². The summed E-state index contributed by atoms with van der Waals surface area (Å²) in [5, 5.41) is 0. The molecular weight excluding hydrogens is 112 g/mol. The molecule has 0 saturated carbocycles. The van der Waals surface area contributed by atoms with Crippen LogP contribution in [0.3, 0.4) is 0 Å². The third-order valence-electron chi connectivity index (χ3n) is 0. The van der Waals surface area contributed by atoms with Crippen molar-refractivity contribution in [2.45, 2.75) is 0 Å². The summed E-state index contributed by atoms with van der Waals surface area (Å²) < 4.78 is 0. The molecule has 0 fully saturated rings. The normalized spacial score (nSPS) is 1.60. The molecule has 0 spiro atoms. The van der Waals surface area contributed by atoms with Gasteiger partial charge in [0.1, 0.15) is 0 Å².